The Labute approximate surface area is 64.8 Å². The minimum atomic E-state index is -2.71. The lowest BCUT2D eigenvalue weighted by atomic mass is 9.94. The third-order valence-electron chi connectivity index (χ3n) is 2.16. The van der Waals surface area contributed by atoms with Gasteiger partial charge in [-0.05, 0) is 20.0 Å². The van der Waals surface area contributed by atoms with E-state index in [1.165, 1.54) is 0 Å². The van der Waals surface area contributed by atoms with Crippen molar-refractivity contribution in [2.75, 3.05) is 26.7 Å². The largest absolute Gasteiger partial charge is 0.396 e. The number of hydrogen-bond donors (Lipinski definition) is 1. The molecule has 0 saturated carbocycles. The van der Waals surface area contributed by atoms with Gasteiger partial charge in [-0.2, -0.15) is 0 Å². The molecule has 0 spiro atoms. The molecule has 1 heterocycles. The number of aliphatic hydroxyl groups excluding tert-OH is 1. The van der Waals surface area contributed by atoms with Crippen molar-refractivity contribution in [3.8, 4) is 0 Å². The third kappa shape index (κ3) is 1.87. The lowest BCUT2D eigenvalue weighted by Gasteiger charge is -2.35. The maximum atomic E-state index is 12.9. The summed E-state index contributed by atoms with van der Waals surface area (Å²) < 4.78 is 25.8. The highest BCUT2D eigenvalue weighted by Gasteiger charge is 2.42. The fourth-order valence-corrected chi connectivity index (χ4v) is 1.38. The van der Waals surface area contributed by atoms with Crippen LogP contribution in [0.2, 0.25) is 0 Å². The Morgan fingerprint density at radius 1 is 1.64 bits per heavy atom. The van der Waals surface area contributed by atoms with E-state index in [1.54, 1.807) is 11.9 Å². The molecule has 1 atom stereocenters. The molecule has 11 heavy (non-hydrogen) atoms. The number of likely N-dealkylation sites (tertiary alicyclic amines) is 1. The van der Waals surface area contributed by atoms with E-state index >= 15 is 0 Å². The first-order valence-corrected chi connectivity index (χ1v) is 3.73. The average molecular weight is 165 g/mol. The molecule has 0 amide bonds. The molecule has 0 aromatic rings. The second-order valence-corrected chi connectivity index (χ2v) is 3.17. The Bertz CT molecular complexity index is 140. The second kappa shape index (κ2) is 3.03. The number of nitrogens with zero attached hydrogens (tertiary/aromatic N) is 1. The number of alkyl halides is 2. The lowest BCUT2D eigenvalue weighted by molar-refractivity contribution is -0.119. The van der Waals surface area contributed by atoms with Crippen LogP contribution in [0.1, 0.15) is 6.42 Å². The number of aliphatic hydroxyl groups is 1. The predicted octanol–water partition coefficient (Wildman–Crippen LogP) is 0.566. The highest BCUT2D eigenvalue weighted by Crippen LogP contribution is 2.31. The predicted molar refractivity (Wildman–Crippen MR) is 37.6 cm³/mol. The van der Waals surface area contributed by atoms with Crippen molar-refractivity contribution >= 4 is 0 Å². The Hall–Kier alpha value is -0.220. The summed E-state index contributed by atoms with van der Waals surface area (Å²) in [4.78, 5) is 1.59. The number of piperidine rings is 1. The van der Waals surface area contributed by atoms with Gasteiger partial charge in [0.25, 0.3) is 5.92 Å². The van der Waals surface area contributed by atoms with Gasteiger partial charge in [0.05, 0.1) is 13.2 Å². The molecule has 0 aromatic carbocycles. The fourth-order valence-electron chi connectivity index (χ4n) is 1.38. The van der Waals surface area contributed by atoms with Gasteiger partial charge in [-0.15, -0.1) is 0 Å². The van der Waals surface area contributed by atoms with Crippen LogP contribution in [0.3, 0.4) is 0 Å². The topological polar surface area (TPSA) is 23.5 Å². The van der Waals surface area contributed by atoms with Crippen LogP contribution in [0.25, 0.3) is 0 Å². The monoisotopic (exact) mass is 165 g/mol. The van der Waals surface area contributed by atoms with Gasteiger partial charge < -0.3 is 10.0 Å². The molecule has 1 saturated heterocycles. The summed E-state index contributed by atoms with van der Waals surface area (Å²) in [5.74, 6) is -3.54. The summed E-state index contributed by atoms with van der Waals surface area (Å²) in [7, 11) is 1.67. The molecule has 1 N–H and O–H groups in total. The van der Waals surface area contributed by atoms with Crippen LogP contribution in [0.5, 0.6) is 0 Å². The third-order valence-corrected chi connectivity index (χ3v) is 2.16. The summed E-state index contributed by atoms with van der Waals surface area (Å²) in [5.41, 5.74) is 0. The standard InChI is InChI=1S/C7H13F2NO/c1-10-3-2-6(4-11)7(8,9)5-10/h6,11H,2-5H2,1H3/t6-/m0/s1. The van der Waals surface area contributed by atoms with Gasteiger partial charge in [-0.1, -0.05) is 0 Å². The minimum absolute atomic E-state index is 0.224. The fraction of sp³-hybridized carbons (Fsp3) is 1.00. The molecule has 1 rings (SSSR count). The average Bonchev–Trinajstić information content (AvgIpc) is 1.85. The summed E-state index contributed by atoms with van der Waals surface area (Å²) >= 11 is 0. The van der Waals surface area contributed by atoms with E-state index in [-0.39, 0.29) is 6.54 Å². The molecular formula is C7H13F2NO. The summed E-state index contributed by atoms with van der Waals surface area (Å²) in [6, 6.07) is 0. The van der Waals surface area contributed by atoms with Crippen molar-refractivity contribution in [2.24, 2.45) is 5.92 Å². The Morgan fingerprint density at radius 3 is 2.73 bits per heavy atom. The normalized spacial score (nSPS) is 32.2. The van der Waals surface area contributed by atoms with Crippen LogP contribution in [0, 0.1) is 5.92 Å². The molecule has 0 bridgehead atoms. The Balaban J connectivity index is 2.56. The van der Waals surface area contributed by atoms with Gasteiger partial charge in [0, 0.05) is 5.92 Å². The highest BCUT2D eigenvalue weighted by atomic mass is 19.3. The van der Waals surface area contributed by atoms with Crippen molar-refractivity contribution in [1.29, 1.82) is 0 Å². The first-order chi connectivity index (χ1) is 5.06. The van der Waals surface area contributed by atoms with Gasteiger partial charge >= 0.3 is 0 Å². The van der Waals surface area contributed by atoms with E-state index in [2.05, 4.69) is 0 Å². The number of halogens is 2. The maximum Gasteiger partial charge on any atom is 0.265 e. The van der Waals surface area contributed by atoms with E-state index < -0.39 is 18.4 Å². The molecule has 4 heteroatoms. The van der Waals surface area contributed by atoms with Gasteiger partial charge in [0.2, 0.25) is 0 Å². The van der Waals surface area contributed by atoms with Crippen LogP contribution in [0.15, 0.2) is 0 Å². The van der Waals surface area contributed by atoms with Crippen LogP contribution >= 0.6 is 0 Å². The molecule has 0 radical (unpaired) electrons. The maximum absolute atomic E-state index is 12.9. The zero-order valence-electron chi connectivity index (χ0n) is 6.56. The van der Waals surface area contributed by atoms with E-state index in [1.807, 2.05) is 0 Å². The van der Waals surface area contributed by atoms with Crippen molar-refractivity contribution in [1.82, 2.24) is 4.90 Å². The van der Waals surface area contributed by atoms with E-state index in [9.17, 15) is 8.78 Å². The zero-order valence-corrected chi connectivity index (χ0v) is 6.56. The lowest BCUT2D eigenvalue weighted by Crippen LogP contribution is -2.48. The van der Waals surface area contributed by atoms with E-state index in [0.717, 1.165) is 0 Å². The molecule has 1 aliphatic heterocycles. The van der Waals surface area contributed by atoms with Crippen LogP contribution in [-0.4, -0.2) is 42.7 Å². The van der Waals surface area contributed by atoms with Gasteiger partial charge in [0.15, 0.2) is 0 Å². The summed E-state index contributed by atoms with van der Waals surface area (Å²) in [6.45, 7) is 0.0277. The molecular weight excluding hydrogens is 152 g/mol. The molecule has 0 aromatic heterocycles. The van der Waals surface area contributed by atoms with Crippen LogP contribution in [0.4, 0.5) is 8.78 Å². The second-order valence-electron chi connectivity index (χ2n) is 3.17. The van der Waals surface area contributed by atoms with E-state index in [0.29, 0.717) is 13.0 Å². The SMILES string of the molecule is CN1CC[C@@H](CO)C(F)(F)C1. The highest BCUT2D eigenvalue weighted by molar-refractivity contribution is 4.84. The Kier molecular flexibility index (Phi) is 2.44. The molecule has 0 aliphatic carbocycles. The quantitative estimate of drug-likeness (QED) is 0.614. The Morgan fingerprint density at radius 2 is 2.27 bits per heavy atom. The molecule has 0 unspecified atom stereocenters. The summed E-state index contributed by atoms with van der Waals surface area (Å²) in [6.07, 6.45) is 0.389. The summed E-state index contributed by atoms with van der Waals surface area (Å²) in [5, 5.41) is 8.61. The number of hydrogen-bond acceptors (Lipinski definition) is 2. The van der Waals surface area contributed by atoms with Crippen LogP contribution in [-0.2, 0) is 0 Å². The zero-order chi connectivity index (χ0) is 8.48. The smallest absolute Gasteiger partial charge is 0.265 e. The first-order valence-electron chi connectivity index (χ1n) is 3.73. The number of rotatable bonds is 1. The molecule has 2 nitrogen and oxygen atoms in total. The van der Waals surface area contributed by atoms with Crippen molar-refractivity contribution in [2.45, 2.75) is 12.3 Å². The van der Waals surface area contributed by atoms with Gasteiger partial charge in [0.1, 0.15) is 0 Å². The molecule has 1 aliphatic rings. The van der Waals surface area contributed by atoms with Gasteiger partial charge in [-0.3, -0.25) is 0 Å². The van der Waals surface area contributed by atoms with Gasteiger partial charge in [-0.25, -0.2) is 8.78 Å². The first kappa shape index (κ1) is 8.87. The molecule has 1 fully saturated rings. The van der Waals surface area contributed by atoms with Crippen molar-refractivity contribution < 1.29 is 13.9 Å². The van der Waals surface area contributed by atoms with Crippen molar-refractivity contribution in [3.05, 3.63) is 0 Å². The minimum Gasteiger partial charge on any atom is -0.396 e. The van der Waals surface area contributed by atoms with Crippen molar-refractivity contribution in [3.63, 3.8) is 0 Å². The molecule has 66 valence electrons. The van der Waals surface area contributed by atoms with Crippen LogP contribution < -0.4 is 0 Å². The van der Waals surface area contributed by atoms with E-state index in [4.69, 9.17) is 5.11 Å².